The molecule has 0 amide bonds. The van der Waals surface area contributed by atoms with Crippen molar-refractivity contribution in [1.82, 2.24) is 0 Å². The van der Waals surface area contributed by atoms with Gasteiger partial charge in [0.25, 0.3) is 0 Å². The van der Waals surface area contributed by atoms with E-state index in [-0.39, 0.29) is 0 Å². The molecule has 0 heterocycles. The Labute approximate surface area is 72.5 Å². The largest absolute Gasteiger partial charge is 0.467 e. The van der Waals surface area contributed by atoms with Gasteiger partial charge < -0.3 is 14.6 Å². The predicted octanol–water partition coefficient (Wildman–Crippen LogP) is 0.335. The highest BCUT2D eigenvalue weighted by Crippen LogP contribution is 2.19. The van der Waals surface area contributed by atoms with Gasteiger partial charge in [0.2, 0.25) is 0 Å². The van der Waals surface area contributed by atoms with Crippen LogP contribution in [0, 0.1) is 0 Å². The van der Waals surface area contributed by atoms with Crippen LogP contribution in [0.25, 0.3) is 0 Å². The molecule has 0 aromatic rings. The number of rotatable bonds is 4. The fraction of sp³-hybridized carbons (Fsp3) is 0.875. The summed E-state index contributed by atoms with van der Waals surface area (Å²) >= 11 is 0. The van der Waals surface area contributed by atoms with Gasteiger partial charge in [0.05, 0.1) is 7.11 Å². The summed E-state index contributed by atoms with van der Waals surface area (Å²) in [7, 11) is 2.69. The van der Waals surface area contributed by atoms with Crippen LogP contribution in [0.4, 0.5) is 0 Å². The molecule has 12 heavy (non-hydrogen) atoms. The molecule has 0 radical (unpaired) electrons. The first kappa shape index (κ1) is 11.4. The van der Waals surface area contributed by atoms with E-state index >= 15 is 0 Å². The molecule has 0 aliphatic heterocycles. The van der Waals surface area contributed by atoms with Gasteiger partial charge in [-0.3, -0.25) is 0 Å². The number of aliphatic hydroxyl groups excluding tert-OH is 1. The molecule has 0 aliphatic rings. The summed E-state index contributed by atoms with van der Waals surface area (Å²) in [6.45, 7) is 3.49. The SMILES string of the molecule is CCC(C)(OC)C(O)C(=O)OC. The standard InChI is InChI=1S/C8H16O4/c1-5-8(2,12-4)6(9)7(10)11-3/h6,9H,5H2,1-4H3. The molecule has 0 saturated heterocycles. The van der Waals surface area contributed by atoms with Crippen molar-refractivity contribution in [3.8, 4) is 0 Å². The van der Waals surface area contributed by atoms with Crippen LogP contribution in [0.15, 0.2) is 0 Å². The van der Waals surface area contributed by atoms with Crippen molar-refractivity contribution in [3.05, 3.63) is 0 Å². The molecule has 0 bridgehead atoms. The van der Waals surface area contributed by atoms with Gasteiger partial charge in [-0.05, 0) is 13.3 Å². The topological polar surface area (TPSA) is 55.8 Å². The second-order valence-electron chi connectivity index (χ2n) is 2.80. The monoisotopic (exact) mass is 176 g/mol. The second-order valence-corrected chi connectivity index (χ2v) is 2.80. The summed E-state index contributed by atoms with van der Waals surface area (Å²) in [5.41, 5.74) is -0.854. The van der Waals surface area contributed by atoms with Crippen LogP contribution >= 0.6 is 0 Å². The van der Waals surface area contributed by atoms with Crippen molar-refractivity contribution in [2.75, 3.05) is 14.2 Å². The zero-order valence-electron chi connectivity index (χ0n) is 7.96. The summed E-state index contributed by atoms with van der Waals surface area (Å²) < 4.78 is 9.41. The Morgan fingerprint density at radius 2 is 2.08 bits per heavy atom. The molecule has 72 valence electrons. The third-order valence-corrected chi connectivity index (χ3v) is 2.17. The van der Waals surface area contributed by atoms with Gasteiger partial charge in [-0.2, -0.15) is 0 Å². The van der Waals surface area contributed by atoms with Gasteiger partial charge in [-0.1, -0.05) is 6.92 Å². The van der Waals surface area contributed by atoms with Crippen molar-refractivity contribution in [1.29, 1.82) is 0 Å². The molecule has 1 N–H and O–H groups in total. The molecular formula is C8H16O4. The maximum atomic E-state index is 10.9. The molecular weight excluding hydrogens is 160 g/mol. The van der Waals surface area contributed by atoms with E-state index in [4.69, 9.17) is 4.74 Å². The molecule has 0 fully saturated rings. The Morgan fingerprint density at radius 3 is 2.33 bits per heavy atom. The van der Waals surface area contributed by atoms with Gasteiger partial charge in [0.1, 0.15) is 5.60 Å². The number of methoxy groups -OCH3 is 2. The molecule has 0 rings (SSSR count). The lowest BCUT2D eigenvalue weighted by molar-refractivity contribution is -0.169. The Morgan fingerprint density at radius 1 is 1.58 bits per heavy atom. The fourth-order valence-electron chi connectivity index (χ4n) is 0.810. The van der Waals surface area contributed by atoms with Crippen molar-refractivity contribution in [2.24, 2.45) is 0 Å². The Bertz CT molecular complexity index is 151. The van der Waals surface area contributed by atoms with Crippen LogP contribution in [0.3, 0.4) is 0 Å². The van der Waals surface area contributed by atoms with E-state index in [1.807, 2.05) is 6.92 Å². The lowest BCUT2D eigenvalue weighted by atomic mass is 9.96. The first-order valence-corrected chi connectivity index (χ1v) is 3.83. The third kappa shape index (κ3) is 2.19. The number of hydrogen-bond donors (Lipinski definition) is 1. The molecule has 2 unspecified atom stereocenters. The minimum Gasteiger partial charge on any atom is -0.467 e. The third-order valence-electron chi connectivity index (χ3n) is 2.17. The van der Waals surface area contributed by atoms with Gasteiger partial charge in [0, 0.05) is 7.11 Å². The van der Waals surface area contributed by atoms with Gasteiger partial charge in [-0.15, -0.1) is 0 Å². The van der Waals surface area contributed by atoms with Crippen LogP contribution < -0.4 is 0 Å². The Kier molecular flexibility index (Phi) is 4.20. The minimum absolute atomic E-state index is 0.541. The Hall–Kier alpha value is -0.610. The Balaban J connectivity index is 4.40. The highest BCUT2D eigenvalue weighted by Gasteiger charge is 2.37. The highest BCUT2D eigenvalue weighted by molar-refractivity contribution is 5.75. The van der Waals surface area contributed by atoms with Gasteiger partial charge in [0.15, 0.2) is 6.10 Å². The van der Waals surface area contributed by atoms with Crippen LogP contribution in [0.5, 0.6) is 0 Å². The van der Waals surface area contributed by atoms with E-state index in [1.54, 1.807) is 6.92 Å². The van der Waals surface area contributed by atoms with Gasteiger partial charge >= 0.3 is 5.97 Å². The van der Waals surface area contributed by atoms with E-state index in [2.05, 4.69) is 4.74 Å². The smallest absolute Gasteiger partial charge is 0.337 e. The molecule has 0 spiro atoms. The average Bonchev–Trinajstić information content (AvgIpc) is 2.14. The maximum absolute atomic E-state index is 10.9. The molecule has 0 saturated carbocycles. The van der Waals surface area contributed by atoms with E-state index in [0.717, 1.165) is 0 Å². The zero-order valence-corrected chi connectivity index (χ0v) is 7.96. The minimum atomic E-state index is -1.22. The number of ether oxygens (including phenoxy) is 2. The number of aliphatic hydroxyl groups is 1. The van der Waals surface area contributed by atoms with E-state index < -0.39 is 17.7 Å². The molecule has 4 nitrogen and oxygen atoms in total. The van der Waals surface area contributed by atoms with Crippen LogP contribution in [-0.4, -0.2) is 37.0 Å². The number of hydrogen-bond acceptors (Lipinski definition) is 4. The second kappa shape index (κ2) is 4.42. The predicted molar refractivity (Wildman–Crippen MR) is 43.7 cm³/mol. The lowest BCUT2D eigenvalue weighted by Crippen LogP contribution is -2.46. The fourth-order valence-corrected chi connectivity index (χ4v) is 0.810. The molecule has 0 aliphatic carbocycles. The number of carbonyl (C=O) groups excluding carboxylic acids is 1. The lowest BCUT2D eigenvalue weighted by Gasteiger charge is -2.29. The van der Waals surface area contributed by atoms with E-state index in [9.17, 15) is 9.90 Å². The van der Waals surface area contributed by atoms with Crippen molar-refractivity contribution >= 4 is 5.97 Å². The van der Waals surface area contributed by atoms with Crippen LogP contribution in [-0.2, 0) is 14.3 Å². The summed E-state index contributed by atoms with van der Waals surface area (Å²) in [5, 5.41) is 9.44. The molecule has 4 heteroatoms. The van der Waals surface area contributed by atoms with Crippen LogP contribution in [0.2, 0.25) is 0 Å². The molecule has 2 atom stereocenters. The molecule has 0 aromatic carbocycles. The summed E-state index contributed by atoms with van der Waals surface area (Å²) in [6.07, 6.45) is -0.683. The first-order chi connectivity index (χ1) is 5.51. The zero-order chi connectivity index (χ0) is 9.78. The van der Waals surface area contributed by atoms with Crippen molar-refractivity contribution < 1.29 is 19.4 Å². The first-order valence-electron chi connectivity index (χ1n) is 3.83. The van der Waals surface area contributed by atoms with Crippen molar-refractivity contribution in [3.63, 3.8) is 0 Å². The molecule has 0 aromatic heterocycles. The van der Waals surface area contributed by atoms with E-state index in [0.29, 0.717) is 6.42 Å². The normalized spacial score (nSPS) is 18.1. The van der Waals surface area contributed by atoms with E-state index in [1.165, 1.54) is 14.2 Å². The average molecular weight is 176 g/mol. The van der Waals surface area contributed by atoms with Gasteiger partial charge in [-0.25, -0.2) is 4.79 Å². The van der Waals surface area contributed by atoms with Crippen LogP contribution in [0.1, 0.15) is 20.3 Å². The summed E-state index contributed by atoms with van der Waals surface area (Å²) in [4.78, 5) is 10.9. The number of carbonyl (C=O) groups is 1. The quantitative estimate of drug-likeness (QED) is 0.627. The highest BCUT2D eigenvalue weighted by atomic mass is 16.6. The van der Waals surface area contributed by atoms with Crippen molar-refractivity contribution in [2.45, 2.75) is 32.0 Å². The number of esters is 1. The summed E-state index contributed by atoms with van der Waals surface area (Å²) in [6, 6.07) is 0. The maximum Gasteiger partial charge on any atom is 0.337 e. The summed E-state index contributed by atoms with van der Waals surface area (Å²) in [5.74, 6) is -0.666.